The topological polar surface area (TPSA) is 77.6 Å². The summed E-state index contributed by atoms with van der Waals surface area (Å²) in [5.41, 5.74) is 2.82. The van der Waals surface area contributed by atoms with Crippen LogP contribution in [-0.2, 0) is 4.74 Å². The van der Waals surface area contributed by atoms with Gasteiger partial charge in [0, 0.05) is 50.0 Å². The van der Waals surface area contributed by atoms with Gasteiger partial charge in [0.05, 0.1) is 29.8 Å². The van der Waals surface area contributed by atoms with Crippen molar-refractivity contribution in [1.29, 1.82) is 0 Å². The van der Waals surface area contributed by atoms with Crippen molar-refractivity contribution >= 4 is 11.8 Å². The number of halogens is 1. The molecule has 0 aliphatic carbocycles. The maximum absolute atomic E-state index is 15.2. The summed E-state index contributed by atoms with van der Waals surface area (Å²) in [5.74, 6) is -0.444. The molecule has 1 aromatic carbocycles. The van der Waals surface area contributed by atoms with Gasteiger partial charge in [-0.25, -0.2) is 9.18 Å². The van der Waals surface area contributed by atoms with Crippen LogP contribution >= 0.6 is 0 Å². The smallest absolute Gasteiger partial charge is 0.414 e. The maximum Gasteiger partial charge on any atom is 0.414 e. The summed E-state index contributed by atoms with van der Waals surface area (Å²) in [6.45, 7) is 8.33. The zero-order valence-electron chi connectivity index (χ0n) is 18.6. The molecular formula is C24H27FN6O2. The lowest BCUT2D eigenvalue weighted by Crippen LogP contribution is -2.48. The van der Waals surface area contributed by atoms with Gasteiger partial charge in [0.15, 0.2) is 0 Å². The normalized spacial score (nSPS) is 19.8. The first-order chi connectivity index (χ1) is 16.1. The van der Waals surface area contributed by atoms with Crippen LogP contribution in [0.4, 0.5) is 14.9 Å². The van der Waals surface area contributed by atoms with Crippen molar-refractivity contribution in [3.8, 4) is 22.5 Å². The molecule has 5 rings (SSSR count). The van der Waals surface area contributed by atoms with Crippen LogP contribution in [0.25, 0.3) is 22.5 Å². The van der Waals surface area contributed by atoms with Crippen molar-refractivity contribution in [3.05, 3.63) is 54.6 Å². The summed E-state index contributed by atoms with van der Waals surface area (Å²) < 4.78 is 20.8. The molecule has 2 aliphatic heterocycles. The number of carbonyl (C=O) groups is 1. The number of nitrogens with one attached hydrogen (secondary N) is 1. The quantitative estimate of drug-likeness (QED) is 0.621. The van der Waals surface area contributed by atoms with E-state index in [0.717, 1.165) is 32.7 Å². The lowest BCUT2D eigenvalue weighted by Gasteiger charge is -2.34. The molecule has 1 atom stereocenters. The van der Waals surface area contributed by atoms with Crippen molar-refractivity contribution in [2.24, 2.45) is 0 Å². The number of pyridine rings is 1. The zero-order valence-corrected chi connectivity index (χ0v) is 18.6. The molecule has 0 radical (unpaired) electrons. The molecule has 172 valence electrons. The van der Waals surface area contributed by atoms with Gasteiger partial charge in [0.25, 0.3) is 0 Å². The third-order valence-electron chi connectivity index (χ3n) is 6.36. The number of piperazine rings is 1. The maximum atomic E-state index is 15.2. The molecule has 2 fully saturated rings. The predicted octanol–water partition coefficient (Wildman–Crippen LogP) is 3.24. The van der Waals surface area contributed by atoms with E-state index in [1.54, 1.807) is 24.5 Å². The molecule has 1 unspecified atom stereocenters. The summed E-state index contributed by atoms with van der Waals surface area (Å²) >= 11 is 0. The molecular weight excluding hydrogens is 423 g/mol. The molecule has 0 bridgehead atoms. The number of ether oxygens (including phenoxy) is 1. The Morgan fingerprint density at radius 2 is 1.94 bits per heavy atom. The van der Waals surface area contributed by atoms with E-state index in [1.807, 2.05) is 18.2 Å². The predicted molar refractivity (Wildman–Crippen MR) is 123 cm³/mol. The number of aromatic amines is 1. The Kier molecular flexibility index (Phi) is 6.06. The second kappa shape index (κ2) is 9.29. The van der Waals surface area contributed by atoms with Crippen molar-refractivity contribution in [1.82, 2.24) is 25.0 Å². The Hall–Kier alpha value is -3.30. The van der Waals surface area contributed by atoms with Gasteiger partial charge < -0.3 is 9.64 Å². The number of H-pyrrole nitrogens is 1. The van der Waals surface area contributed by atoms with E-state index in [4.69, 9.17) is 4.74 Å². The van der Waals surface area contributed by atoms with Gasteiger partial charge in [-0.05, 0) is 36.9 Å². The van der Waals surface area contributed by atoms with E-state index >= 15 is 4.39 Å². The van der Waals surface area contributed by atoms with Gasteiger partial charge in [-0.1, -0.05) is 13.0 Å². The second-order valence-corrected chi connectivity index (χ2v) is 8.39. The van der Waals surface area contributed by atoms with Gasteiger partial charge in [-0.15, -0.1) is 0 Å². The minimum atomic E-state index is -0.444. The molecule has 1 N–H and O–H groups in total. The van der Waals surface area contributed by atoms with E-state index in [9.17, 15) is 4.79 Å². The number of hydrogen-bond acceptors (Lipinski definition) is 6. The number of anilines is 1. The number of nitrogens with zero attached hydrogens (tertiary/aromatic N) is 5. The first kappa shape index (κ1) is 21.5. The Labute approximate surface area is 192 Å². The highest BCUT2D eigenvalue weighted by Crippen LogP contribution is 2.33. The average molecular weight is 451 g/mol. The van der Waals surface area contributed by atoms with Crippen LogP contribution in [0, 0.1) is 5.82 Å². The van der Waals surface area contributed by atoms with E-state index in [1.165, 1.54) is 11.0 Å². The van der Waals surface area contributed by atoms with Crippen LogP contribution in [0.3, 0.4) is 0 Å². The minimum absolute atomic E-state index is 0.225. The van der Waals surface area contributed by atoms with E-state index in [2.05, 4.69) is 31.9 Å². The summed E-state index contributed by atoms with van der Waals surface area (Å²) in [5, 5.41) is 6.95. The average Bonchev–Trinajstić information content (AvgIpc) is 3.47. The van der Waals surface area contributed by atoms with E-state index in [0.29, 0.717) is 41.3 Å². The van der Waals surface area contributed by atoms with Gasteiger partial charge in [-0.2, -0.15) is 5.10 Å². The highest BCUT2D eigenvalue weighted by Gasteiger charge is 2.34. The fourth-order valence-electron chi connectivity index (χ4n) is 4.49. The van der Waals surface area contributed by atoms with Gasteiger partial charge in [-0.3, -0.25) is 19.9 Å². The standard InChI is InChI=1S/C24H27FN6O2/c1-2-29-9-11-30(12-10-29)15-18-16-31(24(32)33-18)17-6-7-19(21(25)13-17)23-20(14-27-28-23)22-5-3-4-8-26-22/h3-8,13-14,18H,2,9-12,15-16H2,1H3,(H,27,28). The fourth-order valence-corrected chi connectivity index (χ4v) is 4.49. The van der Waals surface area contributed by atoms with Crippen LogP contribution < -0.4 is 4.90 Å². The number of aromatic nitrogens is 3. The Morgan fingerprint density at radius 3 is 2.67 bits per heavy atom. The molecule has 4 heterocycles. The molecule has 2 aliphatic rings. The highest BCUT2D eigenvalue weighted by molar-refractivity contribution is 5.90. The third-order valence-corrected chi connectivity index (χ3v) is 6.36. The molecule has 33 heavy (non-hydrogen) atoms. The number of amides is 1. The Balaban J connectivity index is 1.29. The van der Waals surface area contributed by atoms with Gasteiger partial charge in [0.1, 0.15) is 11.9 Å². The summed E-state index contributed by atoms with van der Waals surface area (Å²) in [4.78, 5) is 23.1. The molecule has 2 saturated heterocycles. The molecule has 9 heteroatoms. The van der Waals surface area contributed by atoms with Crippen LogP contribution in [0.2, 0.25) is 0 Å². The third kappa shape index (κ3) is 4.46. The lowest BCUT2D eigenvalue weighted by molar-refractivity contribution is 0.0786. The lowest BCUT2D eigenvalue weighted by atomic mass is 10.0. The molecule has 0 saturated carbocycles. The number of rotatable bonds is 6. The zero-order chi connectivity index (χ0) is 22.8. The van der Waals surface area contributed by atoms with Gasteiger partial charge >= 0.3 is 6.09 Å². The largest absolute Gasteiger partial charge is 0.443 e. The number of likely N-dealkylation sites (N-methyl/N-ethyl adjacent to an activating group) is 1. The fraction of sp³-hybridized carbons (Fsp3) is 0.375. The number of hydrogen-bond donors (Lipinski definition) is 1. The van der Waals surface area contributed by atoms with E-state index < -0.39 is 11.9 Å². The first-order valence-corrected chi connectivity index (χ1v) is 11.3. The molecule has 2 aromatic heterocycles. The van der Waals surface area contributed by atoms with Gasteiger partial charge in [0.2, 0.25) is 0 Å². The molecule has 8 nitrogen and oxygen atoms in total. The van der Waals surface area contributed by atoms with Crippen molar-refractivity contribution < 1.29 is 13.9 Å². The van der Waals surface area contributed by atoms with Crippen LogP contribution in [0.5, 0.6) is 0 Å². The molecule has 1 amide bonds. The van der Waals surface area contributed by atoms with Crippen LogP contribution in [-0.4, -0.2) is 83.0 Å². The monoisotopic (exact) mass is 450 g/mol. The number of carbonyl (C=O) groups excluding carboxylic acids is 1. The molecule has 0 spiro atoms. The first-order valence-electron chi connectivity index (χ1n) is 11.3. The minimum Gasteiger partial charge on any atom is -0.443 e. The van der Waals surface area contributed by atoms with Crippen molar-refractivity contribution in [2.75, 3.05) is 50.7 Å². The SMILES string of the molecule is CCN1CCN(CC2CN(c3ccc(-c4[nH]ncc4-c4ccccn4)c(F)c3)C(=O)O2)CC1. The number of cyclic esters (lactones) is 1. The Bertz CT molecular complexity index is 1110. The highest BCUT2D eigenvalue weighted by atomic mass is 19.1. The van der Waals surface area contributed by atoms with Crippen molar-refractivity contribution in [3.63, 3.8) is 0 Å². The summed E-state index contributed by atoms with van der Waals surface area (Å²) in [6.07, 6.45) is 2.66. The number of benzene rings is 1. The second-order valence-electron chi connectivity index (χ2n) is 8.39. The van der Waals surface area contributed by atoms with Crippen molar-refractivity contribution in [2.45, 2.75) is 13.0 Å². The summed E-state index contributed by atoms with van der Waals surface area (Å²) in [6, 6.07) is 10.3. The Morgan fingerprint density at radius 1 is 1.12 bits per heavy atom. The van der Waals surface area contributed by atoms with Crippen LogP contribution in [0.1, 0.15) is 6.92 Å². The van der Waals surface area contributed by atoms with E-state index in [-0.39, 0.29) is 6.10 Å². The molecule has 3 aromatic rings. The summed E-state index contributed by atoms with van der Waals surface area (Å²) in [7, 11) is 0. The van der Waals surface area contributed by atoms with Crippen LogP contribution in [0.15, 0.2) is 48.8 Å².